The summed E-state index contributed by atoms with van der Waals surface area (Å²) in [5.74, 6) is -0.499. The zero-order valence-corrected chi connectivity index (χ0v) is 12.5. The van der Waals surface area contributed by atoms with Gasteiger partial charge in [-0.1, -0.05) is 23.7 Å². The number of halogens is 1. The number of hydrogen-bond donors (Lipinski definition) is 0. The molecule has 0 bridgehead atoms. The third-order valence-electron chi connectivity index (χ3n) is 4.24. The van der Waals surface area contributed by atoms with Crippen molar-refractivity contribution in [1.29, 1.82) is 0 Å². The maximum Gasteiger partial charge on any atom is 0.233 e. The van der Waals surface area contributed by atoms with Gasteiger partial charge < -0.3 is 0 Å². The van der Waals surface area contributed by atoms with Crippen molar-refractivity contribution < 1.29 is 14.2 Å². The van der Waals surface area contributed by atoms with Crippen molar-refractivity contribution in [2.75, 3.05) is 6.54 Å². The Hall–Kier alpha value is -1.68. The summed E-state index contributed by atoms with van der Waals surface area (Å²) in [7, 11) is 0. The summed E-state index contributed by atoms with van der Waals surface area (Å²) in [6, 6.07) is 5.90. The average molecular weight is 306 g/mol. The number of carbonyl (C=O) groups excluding carboxylic acids is 2. The van der Waals surface area contributed by atoms with Crippen LogP contribution < -0.4 is 4.57 Å². The predicted molar refractivity (Wildman–Crippen MR) is 78.1 cm³/mol. The minimum atomic E-state index is -0.237. The van der Waals surface area contributed by atoms with E-state index in [-0.39, 0.29) is 23.7 Å². The van der Waals surface area contributed by atoms with Crippen molar-refractivity contribution in [2.45, 2.75) is 25.8 Å². The number of allylic oxidation sites excluding steroid dienone is 2. The minimum absolute atomic E-state index is 0.0246. The number of aromatic nitrogens is 1. The number of amides is 2. The first-order valence-corrected chi connectivity index (χ1v) is 7.68. The van der Waals surface area contributed by atoms with Crippen LogP contribution in [0.2, 0.25) is 0 Å². The Morgan fingerprint density at radius 2 is 1.86 bits per heavy atom. The molecule has 0 N–H and O–H groups in total. The Balaban J connectivity index is 1.59. The number of imide groups is 1. The third-order valence-corrected chi connectivity index (χ3v) is 4.54. The molecule has 0 unspecified atom stereocenters. The summed E-state index contributed by atoms with van der Waals surface area (Å²) in [4.78, 5) is 26.1. The van der Waals surface area contributed by atoms with Crippen molar-refractivity contribution in [1.82, 2.24) is 4.90 Å². The molecule has 2 aliphatic rings. The van der Waals surface area contributed by atoms with Gasteiger partial charge in [0, 0.05) is 30.1 Å². The van der Waals surface area contributed by atoms with E-state index < -0.39 is 0 Å². The lowest BCUT2D eigenvalue weighted by atomic mass is 9.85. The lowest BCUT2D eigenvalue weighted by molar-refractivity contribution is -0.697. The second kappa shape index (κ2) is 5.98. The van der Waals surface area contributed by atoms with Crippen LogP contribution in [0, 0.1) is 11.8 Å². The molecule has 0 radical (unpaired) electrons. The number of fused-ring (bicyclic) bond motifs is 1. The van der Waals surface area contributed by atoms with Crippen molar-refractivity contribution in [2.24, 2.45) is 11.8 Å². The molecular weight excluding hydrogens is 288 g/mol. The van der Waals surface area contributed by atoms with E-state index >= 15 is 0 Å². The molecular formula is C16H18ClN2O2+. The highest BCUT2D eigenvalue weighted by atomic mass is 35.5. The van der Waals surface area contributed by atoms with Crippen molar-refractivity contribution in [3.05, 3.63) is 41.7 Å². The summed E-state index contributed by atoms with van der Waals surface area (Å²) in [6.45, 7) is 1.29. The Bertz CT molecular complexity index is 585. The summed E-state index contributed by atoms with van der Waals surface area (Å²) < 4.78 is 2.05. The molecule has 2 amide bonds. The van der Waals surface area contributed by atoms with E-state index in [1.54, 1.807) is 0 Å². The Morgan fingerprint density at radius 3 is 2.62 bits per heavy atom. The Kier molecular flexibility index (Phi) is 4.06. The van der Waals surface area contributed by atoms with Gasteiger partial charge >= 0.3 is 0 Å². The SMILES string of the molecule is O=C1[C@H]2CC=C(Cl)C[C@H]2C(=O)N1CCC[n+]1ccccc1. The van der Waals surface area contributed by atoms with Crippen LogP contribution >= 0.6 is 11.6 Å². The molecule has 2 atom stereocenters. The zero-order chi connectivity index (χ0) is 14.8. The molecule has 1 aliphatic carbocycles. The summed E-state index contributed by atoms with van der Waals surface area (Å²) in [5.41, 5.74) is 0. The van der Waals surface area contributed by atoms with E-state index in [4.69, 9.17) is 11.6 Å². The highest BCUT2D eigenvalue weighted by molar-refractivity contribution is 6.30. The van der Waals surface area contributed by atoms with Crippen molar-refractivity contribution >= 4 is 23.4 Å². The number of hydrogen-bond acceptors (Lipinski definition) is 2. The fraction of sp³-hybridized carbons (Fsp3) is 0.438. The number of likely N-dealkylation sites (tertiary alicyclic amines) is 1. The highest BCUT2D eigenvalue weighted by Gasteiger charge is 2.47. The van der Waals surface area contributed by atoms with E-state index in [0.29, 0.717) is 24.4 Å². The average Bonchev–Trinajstić information content (AvgIpc) is 2.73. The van der Waals surface area contributed by atoms with Crippen LogP contribution in [0.25, 0.3) is 0 Å². The molecule has 1 aromatic rings. The normalized spacial score (nSPS) is 25.0. The lowest BCUT2D eigenvalue weighted by Gasteiger charge is -2.17. The van der Waals surface area contributed by atoms with E-state index in [1.165, 1.54) is 4.90 Å². The Labute approximate surface area is 129 Å². The second-order valence-corrected chi connectivity index (χ2v) is 6.08. The lowest BCUT2D eigenvalue weighted by Crippen LogP contribution is -2.37. The fourth-order valence-corrected chi connectivity index (χ4v) is 3.37. The summed E-state index contributed by atoms with van der Waals surface area (Å²) >= 11 is 6.00. The van der Waals surface area contributed by atoms with Gasteiger partial charge in [-0.2, -0.15) is 0 Å². The molecule has 1 aliphatic heterocycles. The van der Waals surface area contributed by atoms with Gasteiger partial charge in [0.15, 0.2) is 12.4 Å². The van der Waals surface area contributed by atoms with Crippen LogP contribution in [0.15, 0.2) is 41.7 Å². The number of pyridine rings is 1. The van der Waals surface area contributed by atoms with Crippen LogP contribution in [-0.4, -0.2) is 23.3 Å². The van der Waals surface area contributed by atoms with Crippen LogP contribution in [0.1, 0.15) is 19.3 Å². The van der Waals surface area contributed by atoms with Gasteiger partial charge in [0.1, 0.15) is 6.54 Å². The second-order valence-electron chi connectivity index (χ2n) is 5.60. The zero-order valence-electron chi connectivity index (χ0n) is 11.7. The molecule has 2 heterocycles. The van der Waals surface area contributed by atoms with E-state index in [0.717, 1.165) is 13.0 Å². The number of nitrogens with zero attached hydrogens (tertiary/aromatic N) is 2. The molecule has 1 saturated heterocycles. The number of aryl methyl sites for hydroxylation is 1. The molecule has 0 saturated carbocycles. The summed E-state index contributed by atoms with van der Waals surface area (Å²) in [6.07, 6.45) is 7.72. The van der Waals surface area contributed by atoms with Crippen molar-refractivity contribution in [3.63, 3.8) is 0 Å². The van der Waals surface area contributed by atoms with Crippen molar-refractivity contribution in [3.8, 4) is 0 Å². The largest absolute Gasteiger partial charge is 0.282 e. The van der Waals surface area contributed by atoms with Gasteiger partial charge in [-0.15, -0.1) is 0 Å². The smallest absolute Gasteiger partial charge is 0.233 e. The van der Waals surface area contributed by atoms with Crippen LogP contribution in [0.5, 0.6) is 0 Å². The molecule has 1 fully saturated rings. The monoisotopic (exact) mass is 305 g/mol. The van der Waals surface area contributed by atoms with Crippen LogP contribution in [-0.2, 0) is 16.1 Å². The highest BCUT2D eigenvalue weighted by Crippen LogP contribution is 2.38. The maximum atomic E-state index is 12.4. The fourth-order valence-electron chi connectivity index (χ4n) is 3.11. The summed E-state index contributed by atoms with van der Waals surface area (Å²) in [5, 5.41) is 0.707. The number of rotatable bonds is 4. The first kappa shape index (κ1) is 14.3. The van der Waals surface area contributed by atoms with Gasteiger partial charge in [0.25, 0.3) is 0 Å². The van der Waals surface area contributed by atoms with E-state index in [2.05, 4.69) is 4.57 Å². The topological polar surface area (TPSA) is 41.3 Å². The first-order valence-electron chi connectivity index (χ1n) is 7.30. The van der Waals surface area contributed by atoms with E-state index in [9.17, 15) is 9.59 Å². The van der Waals surface area contributed by atoms with Gasteiger partial charge in [-0.25, -0.2) is 4.57 Å². The quantitative estimate of drug-likeness (QED) is 0.629. The van der Waals surface area contributed by atoms with Gasteiger partial charge in [0.05, 0.1) is 11.8 Å². The van der Waals surface area contributed by atoms with Gasteiger partial charge in [-0.3, -0.25) is 14.5 Å². The molecule has 5 heteroatoms. The maximum absolute atomic E-state index is 12.4. The Morgan fingerprint density at radius 1 is 1.14 bits per heavy atom. The molecule has 110 valence electrons. The minimum Gasteiger partial charge on any atom is -0.282 e. The van der Waals surface area contributed by atoms with Crippen LogP contribution in [0.3, 0.4) is 0 Å². The number of carbonyl (C=O) groups is 2. The van der Waals surface area contributed by atoms with Gasteiger partial charge in [-0.05, 0) is 12.8 Å². The molecule has 3 rings (SSSR count). The first-order chi connectivity index (χ1) is 10.2. The molecule has 4 nitrogen and oxygen atoms in total. The van der Waals surface area contributed by atoms with E-state index in [1.807, 2.05) is 36.7 Å². The molecule has 21 heavy (non-hydrogen) atoms. The van der Waals surface area contributed by atoms with Crippen LogP contribution in [0.4, 0.5) is 0 Å². The molecule has 0 aromatic carbocycles. The predicted octanol–water partition coefficient (Wildman–Crippen LogP) is 1.88. The standard InChI is InChI=1S/C16H18ClN2O2/c17-12-5-6-13-14(11-12)16(21)19(15(13)20)10-4-9-18-7-2-1-3-8-18/h1-3,5,7-8,13-14H,4,6,9-11H2/q+1/t13-,14+/m0/s1. The third kappa shape index (κ3) is 2.86. The van der Waals surface area contributed by atoms with Gasteiger partial charge in [0.2, 0.25) is 11.8 Å². The molecule has 0 spiro atoms. The molecule has 1 aromatic heterocycles.